The van der Waals surface area contributed by atoms with E-state index >= 15 is 0 Å². The molecule has 5 atom stereocenters. The standard InChI is InChI=1S/C30H47N5O2.3ClH/c1-21(31-2)29(36)33-28(23-11-4-3-5-12-23)30(37)35-20-24-14-9-17-34(24)19-25(35)18-32-27-16-8-13-22-10-6-7-15-26(22)27;;;/h6-7,10,15,21,23-25,27-28,31-32H,3-5,8-9,11-14,16-20H2,1-2H3,(H,33,36);3*1H/t21-,24+,25+,27+,28-;;;/m0.../s1. The molecule has 2 aliphatic heterocycles. The van der Waals surface area contributed by atoms with Crippen LogP contribution in [0.2, 0.25) is 0 Å². The Morgan fingerprint density at radius 1 is 0.950 bits per heavy atom. The van der Waals surface area contributed by atoms with Crippen molar-refractivity contribution in [2.45, 2.75) is 101 Å². The molecule has 10 heteroatoms. The molecule has 4 aliphatic rings. The molecule has 2 aliphatic carbocycles. The van der Waals surface area contributed by atoms with E-state index < -0.39 is 6.04 Å². The fraction of sp³-hybridized carbons (Fsp3) is 0.733. The molecule has 0 bridgehead atoms. The second-order valence-corrected chi connectivity index (χ2v) is 11.9. The second kappa shape index (κ2) is 16.5. The number of benzene rings is 1. The number of nitrogens with one attached hydrogen (secondary N) is 3. The van der Waals surface area contributed by atoms with Crippen LogP contribution in [0.15, 0.2) is 24.3 Å². The minimum absolute atomic E-state index is 0. The fourth-order valence-corrected chi connectivity index (χ4v) is 7.21. The van der Waals surface area contributed by atoms with E-state index in [-0.39, 0.29) is 67.0 Å². The number of hydrogen-bond acceptors (Lipinski definition) is 5. The number of fused-ring (bicyclic) bond motifs is 2. The summed E-state index contributed by atoms with van der Waals surface area (Å²) >= 11 is 0. The number of rotatable bonds is 8. The molecule has 3 N–H and O–H groups in total. The van der Waals surface area contributed by atoms with E-state index in [1.54, 1.807) is 7.05 Å². The largest absolute Gasteiger partial charge is 0.343 e. The Kier molecular flexibility index (Phi) is 14.5. The minimum Gasteiger partial charge on any atom is -0.343 e. The summed E-state index contributed by atoms with van der Waals surface area (Å²) in [7, 11) is 1.80. The number of halogens is 3. The number of piperazine rings is 1. The smallest absolute Gasteiger partial charge is 0.245 e. The predicted molar refractivity (Wildman–Crippen MR) is 169 cm³/mol. The predicted octanol–water partition coefficient (Wildman–Crippen LogP) is 4.27. The van der Waals surface area contributed by atoms with Crippen molar-refractivity contribution >= 4 is 49.0 Å². The van der Waals surface area contributed by atoms with Gasteiger partial charge in [-0.1, -0.05) is 43.5 Å². The lowest BCUT2D eigenvalue weighted by atomic mass is 9.82. The molecule has 5 rings (SSSR count). The van der Waals surface area contributed by atoms with Crippen LogP contribution in [0.3, 0.4) is 0 Å². The lowest BCUT2D eigenvalue weighted by molar-refractivity contribution is -0.144. The summed E-state index contributed by atoms with van der Waals surface area (Å²) in [5, 5.41) is 10.1. The number of amides is 2. The van der Waals surface area contributed by atoms with Gasteiger partial charge in [0.1, 0.15) is 6.04 Å². The highest BCUT2D eigenvalue weighted by Gasteiger charge is 2.43. The van der Waals surface area contributed by atoms with Crippen molar-refractivity contribution in [3.8, 4) is 0 Å². The first-order chi connectivity index (χ1) is 18.0. The number of carbonyl (C=O) groups is 2. The van der Waals surface area contributed by atoms with Crippen LogP contribution in [0.1, 0.15) is 81.9 Å². The number of likely N-dealkylation sites (N-methyl/N-ethyl adjacent to an activating group) is 1. The molecule has 7 nitrogen and oxygen atoms in total. The Hall–Kier alpha value is -1.09. The van der Waals surface area contributed by atoms with Crippen molar-refractivity contribution in [3.63, 3.8) is 0 Å². The number of nitrogens with zero attached hydrogens (tertiary/aromatic N) is 2. The Balaban J connectivity index is 0.00000187. The molecule has 2 heterocycles. The molecule has 2 amide bonds. The van der Waals surface area contributed by atoms with Gasteiger partial charge in [-0.3, -0.25) is 14.5 Å². The Labute approximate surface area is 259 Å². The zero-order chi connectivity index (χ0) is 25.8. The van der Waals surface area contributed by atoms with Crippen LogP contribution in [-0.4, -0.2) is 79.0 Å². The Morgan fingerprint density at radius 2 is 1.70 bits per heavy atom. The van der Waals surface area contributed by atoms with Crippen molar-refractivity contribution in [1.29, 1.82) is 0 Å². The molecule has 3 fully saturated rings. The molecule has 0 radical (unpaired) electrons. The van der Waals surface area contributed by atoms with Gasteiger partial charge < -0.3 is 20.9 Å². The van der Waals surface area contributed by atoms with Crippen LogP contribution >= 0.6 is 37.2 Å². The van der Waals surface area contributed by atoms with E-state index in [9.17, 15) is 9.59 Å². The molecule has 40 heavy (non-hydrogen) atoms. The minimum atomic E-state index is -0.422. The topological polar surface area (TPSA) is 76.7 Å². The molecule has 1 aromatic rings. The average Bonchev–Trinajstić information content (AvgIpc) is 3.41. The fourth-order valence-electron chi connectivity index (χ4n) is 7.21. The van der Waals surface area contributed by atoms with Crippen molar-refractivity contribution in [2.24, 2.45) is 5.92 Å². The van der Waals surface area contributed by atoms with E-state index in [2.05, 4.69) is 50.0 Å². The zero-order valence-corrected chi connectivity index (χ0v) is 26.6. The summed E-state index contributed by atoms with van der Waals surface area (Å²) < 4.78 is 0. The molecule has 1 aromatic carbocycles. The molecular formula is C30H50Cl3N5O2. The maximum absolute atomic E-state index is 14.3. The highest BCUT2D eigenvalue weighted by molar-refractivity contribution is 5.90. The van der Waals surface area contributed by atoms with Crippen molar-refractivity contribution in [2.75, 3.05) is 33.2 Å². The molecule has 1 saturated carbocycles. The van der Waals surface area contributed by atoms with Crippen LogP contribution in [0.4, 0.5) is 0 Å². The average molecular weight is 619 g/mol. The van der Waals surface area contributed by atoms with Crippen LogP contribution in [-0.2, 0) is 16.0 Å². The third-order valence-electron chi connectivity index (χ3n) is 9.56. The SMILES string of the molecule is CN[C@@H](C)C(=O)N[C@H](C(=O)N1C[C@H]2CCCN2C[C@H]1CN[C@@H]1CCCc2ccccc21)C1CCCCC1.Cl.Cl.Cl. The van der Waals surface area contributed by atoms with Crippen molar-refractivity contribution < 1.29 is 9.59 Å². The quantitative estimate of drug-likeness (QED) is 0.406. The highest BCUT2D eigenvalue weighted by atomic mass is 35.5. The van der Waals surface area contributed by atoms with Gasteiger partial charge >= 0.3 is 0 Å². The van der Waals surface area contributed by atoms with E-state index in [1.165, 1.54) is 30.4 Å². The number of aryl methyl sites for hydroxylation is 1. The first-order valence-corrected chi connectivity index (χ1v) is 14.9. The van der Waals surface area contributed by atoms with E-state index in [0.717, 1.165) is 71.1 Å². The summed E-state index contributed by atoms with van der Waals surface area (Å²) in [6.07, 6.45) is 11.5. The lowest BCUT2D eigenvalue weighted by Crippen LogP contribution is -2.65. The monoisotopic (exact) mass is 617 g/mol. The van der Waals surface area contributed by atoms with E-state index in [1.807, 2.05) is 6.92 Å². The maximum Gasteiger partial charge on any atom is 0.245 e. The third-order valence-corrected chi connectivity index (χ3v) is 9.56. The maximum atomic E-state index is 14.3. The summed E-state index contributed by atoms with van der Waals surface area (Å²) in [6, 6.07) is 9.02. The first-order valence-electron chi connectivity index (χ1n) is 14.9. The number of carbonyl (C=O) groups excluding carboxylic acids is 2. The molecule has 0 unspecified atom stereocenters. The van der Waals surface area contributed by atoms with Gasteiger partial charge in [-0.15, -0.1) is 37.2 Å². The van der Waals surface area contributed by atoms with Gasteiger partial charge in [0.05, 0.1) is 12.1 Å². The lowest BCUT2D eigenvalue weighted by Gasteiger charge is -2.46. The van der Waals surface area contributed by atoms with Gasteiger partial charge in [-0.25, -0.2) is 0 Å². The highest BCUT2D eigenvalue weighted by Crippen LogP contribution is 2.32. The first kappa shape index (κ1) is 35.1. The van der Waals surface area contributed by atoms with Gasteiger partial charge in [0, 0.05) is 31.7 Å². The molecule has 0 spiro atoms. The second-order valence-electron chi connectivity index (χ2n) is 11.9. The zero-order valence-electron chi connectivity index (χ0n) is 24.1. The third kappa shape index (κ3) is 8.05. The normalized spacial score (nSPS) is 26.1. The molecule has 2 saturated heterocycles. The van der Waals surface area contributed by atoms with Crippen LogP contribution < -0.4 is 16.0 Å². The summed E-state index contributed by atoms with van der Waals surface area (Å²) in [4.78, 5) is 32.1. The van der Waals surface area contributed by atoms with Gasteiger partial charge in [-0.05, 0) is 82.5 Å². The van der Waals surface area contributed by atoms with E-state index in [4.69, 9.17) is 0 Å². The molecule has 228 valence electrons. The number of hydrogen-bond donors (Lipinski definition) is 3. The molecular weight excluding hydrogens is 569 g/mol. The summed E-state index contributed by atoms with van der Waals surface area (Å²) in [6.45, 7) is 5.51. The summed E-state index contributed by atoms with van der Waals surface area (Å²) in [5.74, 6) is 0.306. The summed E-state index contributed by atoms with van der Waals surface area (Å²) in [5.41, 5.74) is 2.89. The van der Waals surface area contributed by atoms with Crippen LogP contribution in [0.5, 0.6) is 0 Å². The van der Waals surface area contributed by atoms with Crippen LogP contribution in [0.25, 0.3) is 0 Å². The van der Waals surface area contributed by atoms with Gasteiger partial charge in [0.25, 0.3) is 0 Å². The Morgan fingerprint density at radius 3 is 2.45 bits per heavy atom. The molecule has 0 aromatic heterocycles. The van der Waals surface area contributed by atoms with Gasteiger partial charge in [-0.2, -0.15) is 0 Å². The van der Waals surface area contributed by atoms with Crippen molar-refractivity contribution in [1.82, 2.24) is 25.8 Å². The van der Waals surface area contributed by atoms with Gasteiger partial charge in [0.2, 0.25) is 11.8 Å². The van der Waals surface area contributed by atoms with Crippen LogP contribution in [0, 0.1) is 5.92 Å². The van der Waals surface area contributed by atoms with E-state index in [0.29, 0.717) is 12.1 Å². The van der Waals surface area contributed by atoms with Gasteiger partial charge in [0.15, 0.2) is 0 Å². The van der Waals surface area contributed by atoms with Crippen molar-refractivity contribution in [3.05, 3.63) is 35.4 Å². The Bertz CT molecular complexity index is 948.